The zero-order chi connectivity index (χ0) is 11.4. The Morgan fingerprint density at radius 1 is 1.40 bits per heavy atom. The molecule has 0 fully saturated rings. The molecule has 0 spiro atoms. The second kappa shape index (κ2) is 5.09. The molecule has 0 bridgehead atoms. The van der Waals surface area contributed by atoms with Crippen molar-refractivity contribution in [3.8, 4) is 0 Å². The molecule has 1 amide bonds. The highest BCUT2D eigenvalue weighted by Crippen LogP contribution is 2.14. The lowest BCUT2D eigenvalue weighted by Crippen LogP contribution is -2.10. The van der Waals surface area contributed by atoms with Crippen LogP contribution in [0.1, 0.15) is 13.8 Å². The third-order valence-electron chi connectivity index (χ3n) is 1.34. The Morgan fingerprint density at radius 2 is 2.07 bits per heavy atom. The molecule has 1 aromatic rings. The van der Waals surface area contributed by atoms with Crippen LogP contribution in [0.5, 0.6) is 0 Å². The monoisotopic (exact) mass is 245 g/mol. The van der Waals surface area contributed by atoms with E-state index in [-0.39, 0.29) is 22.2 Å². The first-order valence-electron chi connectivity index (χ1n) is 4.13. The van der Waals surface area contributed by atoms with Crippen molar-refractivity contribution in [3.63, 3.8) is 0 Å². The largest absolute Gasteiger partial charge is 0.307 e. The minimum absolute atomic E-state index is 0.00463. The van der Waals surface area contributed by atoms with Crippen molar-refractivity contribution in [3.05, 3.63) is 28.2 Å². The van der Waals surface area contributed by atoms with Gasteiger partial charge in [0.25, 0.3) is 0 Å². The number of allylic oxidation sites excluding steroid dienone is 1. The molecule has 0 aromatic carbocycles. The van der Waals surface area contributed by atoms with Gasteiger partial charge in [-0.1, -0.05) is 17.2 Å². The number of hydrogen-bond donors (Lipinski definition) is 1. The van der Waals surface area contributed by atoms with Crippen LogP contribution >= 0.6 is 23.2 Å². The van der Waals surface area contributed by atoms with Crippen molar-refractivity contribution in [1.82, 2.24) is 9.97 Å². The lowest BCUT2D eigenvalue weighted by Gasteiger charge is -2.01. The average molecular weight is 246 g/mol. The molecule has 1 aromatic heterocycles. The summed E-state index contributed by atoms with van der Waals surface area (Å²) in [4.78, 5) is 18.8. The molecule has 80 valence electrons. The number of carbonyl (C=O) groups is 1. The van der Waals surface area contributed by atoms with Crippen LogP contribution in [0, 0.1) is 0 Å². The number of anilines is 1. The number of amides is 1. The highest BCUT2D eigenvalue weighted by molar-refractivity contribution is 6.32. The fourth-order valence-electron chi connectivity index (χ4n) is 0.878. The maximum Gasteiger partial charge on any atom is 0.249 e. The molecule has 0 saturated heterocycles. The van der Waals surface area contributed by atoms with Crippen molar-refractivity contribution in [2.75, 3.05) is 5.32 Å². The minimum Gasteiger partial charge on any atom is -0.307 e. The molecule has 0 radical (unpaired) electrons. The SMILES string of the molecule is CC(C)=CC(=O)Nc1cc(Cl)nc(Cl)n1. The summed E-state index contributed by atoms with van der Waals surface area (Å²) < 4.78 is 0. The molecular formula is C9H9Cl2N3O. The van der Waals surface area contributed by atoms with E-state index in [1.165, 1.54) is 12.1 Å². The number of nitrogens with one attached hydrogen (secondary N) is 1. The smallest absolute Gasteiger partial charge is 0.249 e. The number of halogens is 2. The molecule has 6 heteroatoms. The Kier molecular flexibility index (Phi) is 4.05. The number of hydrogen-bond acceptors (Lipinski definition) is 3. The van der Waals surface area contributed by atoms with Gasteiger partial charge in [0.05, 0.1) is 0 Å². The highest BCUT2D eigenvalue weighted by atomic mass is 35.5. The first kappa shape index (κ1) is 11.9. The van der Waals surface area contributed by atoms with Crippen LogP contribution in [0.15, 0.2) is 17.7 Å². The van der Waals surface area contributed by atoms with Crippen LogP contribution in [-0.2, 0) is 4.79 Å². The van der Waals surface area contributed by atoms with Crippen molar-refractivity contribution < 1.29 is 4.79 Å². The lowest BCUT2D eigenvalue weighted by molar-refractivity contribution is -0.112. The van der Waals surface area contributed by atoms with E-state index in [4.69, 9.17) is 23.2 Å². The molecular weight excluding hydrogens is 237 g/mol. The van der Waals surface area contributed by atoms with Gasteiger partial charge >= 0.3 is 0 Å². The maximum absolute atomic E-state index is 11.3. The Hall–Kier alpha value is -1.13. The van der Waals surface area contributed by atoms with E-state index in [9.17, 15) is 4.79 Å². The topological polar surface area (TPSA) is 54.9 Å². The zero-order valence-corrected chi connectivity index (χ0v) is 9.73. The Balaban J connectivity index is 2.81. The fraction of sp³-hybridized carbons (Fsp3) is 0.222. The summed E-state index contributed by atoms with van der Waals surface area (Å²) in [5.74, 6) is 0.00309. The number of nitrogens with zero attached hydrogens (tertiary/aromatic N) is 2. The second-order valence-corrected chi connectivity index (χ2v) is 3.78. The molecule has 0 aliphatic rings. The van der Waals surface area contributed by atoms with Gasteiger partial charge in [-0.2, -0.15) is 0 Å². The van der Waals surface area contributed by atoms with Crippen LogP contribution in [0.3, 0.4) is 0 Å². The molecule has 0 atom stereocenters. The first-order valence-corrected chi connectivity index (χ1v) is 4.89. The van der Waals surface area contributed by atoms with E-state index in [1.807, 2.05) is 13.8 Å². The number of rotatable bonds is 2. The molecule has 1 heterocycles. The van der Waals surface area contributed by atoms with E-state index >= 15 is 0 Å². The average Bonchev–Trinajstić information content (AvgIpc) is 1.98. The molecule has 0 aliphatic heterocycles. The van der Waals surface area contributed by atoms with Crippen LogP contribution in [0.4, 0.5) is 5.82 Å². The predicted molar refractivity (Wildman–Crippen MR) is 60.1 cm³/mol. The Labute approximate surface area is 97.3 Å². The van der Waals surface area contributed by atoms with Gasteiger partial charge in [-0.3, -0.25) is 4.79 Å². The second-order valence-electron chi connectivity index (χ2n) is 3.06. The molecule has 0 aliphatic carbocycles. The predicted octanol–water partition coefficient (Wildman–Crippen LogP) is 2.69. The third-order valence-corrected chi connectivity index (χ3v) is 1.70. The molecule has 1 rings (SSSR count). The van der Waals surface area contributed by atoms with Gasteiger partial charge in [-0.15, -0.1) is 0 Å². The van der Waals surface area contributed by atoms with Gasteiger partial charge in [0.1, 0.15) is 11.0 Å². The summed E-state index contributed by atoms with van der Waals surface area (Å²) in [7, 11) is 0. The summed E-state index contributed by atoms with van der Waals surface area (Å²) in [5, 5.41) is 2.70. The summed E-state index contributed by atoms with van der Waals surface area (Å²) in [6, 6.07) is 1.42. The Bertz CT molecular complexity index is 394. The van der Waals surface area contributed by atoms with Crippen LogP contribution < -0.4 is 5.32 Å². The third kappa shape index (κ3) is 4.27. The van der Waals surface area contributed by atoms with Crippen LogP contribution in [0.25, 0.3) is 0 Å². The standard InChI is InChI=1S/C9H9Cl2N3O/c1-5(2)3-8(15)13-7-4-6(10)12-9(11)14-7/h3-4H,1-2H3,(H,12,13,14,15). The van der Waals surface area contributed by atoms with Crippen molar-refractivity contribution in [2.24, 2.45) is 0 Å². The number of aromatic nitrogens is 2. The highest BCUT2D eigenvalue weighted by Gasteiger charge is 2.03. The van der Waals surface area contributed by atoms with E-state index in [2.05, 4.69) is 15.3 Å². The molecule has 0 saturated carbocycles. The van der Waals surface area contributed by atoms with E-state index in [1.54, 1.807) is 0 Å². The van der Waals surface area contributed by atoms with E-state index in [0.29, 0.717) is 0 Å². The van der Waals surface area contributed by atoms with Gasteiger partial charge in [0.15, 0.2) is 0 Å². The van der Waals surface area contributed by atoms with Crippen molar-refractivity contribution >= 4 is 34.9 Å². The Morgan fingerprint density at radius 3 is 2.60 bits per heavy atom. The fourth-order valence-corrected chi connectivity index (χ4v) is 1.29. The first-order chi connectivity index (χ1) is 6.97. The van der Waals surface area contributed by atoms with E-state index in [0.717, 1.165) is 5.57 Å². The van der Waals surface area contributed by atoms with E-state index < -0.39 is 0 Å². The van der Waals surface area contributed by atoms with Gasteiger partial charge in [-0.25, -0.2) is 9.97 Å². The maximum atomic E-state index is 11.3. The van der Waals surface area contributed by atoms with Gasteiger partial charge < -0.3 is 5.32 Å². The van der Waals surface area contributed by atoms with Gasteiger partial charge in [0.2, 0.25) is 11.2 Å². The van der Waals surface area contributed by atoms with Crippen LogP contribution in [0.2, 0.25) is 10.4 Å². The van der Waals surface area contributed by atoms with Gasteiger partial charge in [0, 0.05) is 12.1 Å². The number of carbonyl (C=O) groups excluding carboxylic acids is 1. The normalized spacial score (nSPS) is 9.60. The quantitative estimate of drug-likeness (QED) is 0.495. The summed E-state index contributed by atoms with van der Waals surface area (Å²) in [6.07, 6.45) is 1.45. The summed E-state index contributed by atoms with van der Waals surface area (Å²) in [5.41, 5.74) is 0.888. The molecule has 0 unspecified atom stereocenters. The minimum atomic E-state index is -0.277. The summed E-state index contributed by atoms with van der Waals surface area (Å²) in [6.45, 7) is 3.64. The molecule has 1 N–H and O–H groups in total. The summed E-state index contributed by atoms with van der Waals surface area (Å²) >= 11 is 11.2. The van der Waals surface area contributed by atoms with Gasteiger partial charge in [-0.05, 0) is 25.4 Å². The molecule has 4 nitrogen and oxygen atoms in total. The van der Waals surface area contributed by atoms with Crippen molar-refractivity contribution in [1.29, 1.82) is 0 Å². The van der Waals surface area contributed by atoms with Crippen molar-refractivity contribution in [2.45, 2.75) is 13.8 Å². The van der Waals surface area contributed by atoms with Crippen LogP contribution in [-0.4, -0.2) is 15.9 Å². The molecule has 15 heavy (non-hydrogen) atoms. The zero-order valence-electron chi connectivity index (χ0n) is 8.21. The lowest BCUT2D eigenvalue weighted by atomic mass is 10.3.